The number of carbonyl (C=O) groups is 1. The van der Waals surface area contributed by atoms with Crippen molar-refractivity contribution in [2.24, 2.45) is 0 Å². The Kier molecular flexibility index (Phi) is 5.76. The number of thiophene rings is 1. The Morgan fingerprint density at radius 2 is 1.86 bits per heavy atom. The van der Waals surface area contributed by atoms with Crippen LogP contribution < -0.4 is 15.0 Å². The Balaban J connectivity index is 1.38. The summed E-state index contributed by atoms with van der Waals surface area (Å²) in [6, 6.07) is 11.9. The van der Waals surface area contributed by atoms with Gasteiger partial charge in [0.1, 0.15) is 5.75 Å². The average Bonchev–Trinajstić information content (AvgIpc) is 3.17. The number of hydrogen-bond donors (Lipinski definition) is 1. The standard InChI is InChI=1S/C22H24N4O2S/c1-15-19(16-4-6-18(28-2)7-5-16)14-20(29-15)21(27)25-17-8-12-26(13-9-17)22-23-10-3-11-24-22/h3-7,10-11,14,17H,8-9,12-13H2,1-2H3,(H,25,27). The molecule has 0 saturated carbocycles. The van der Waals surface area contributed by atoms with Gasteiger partial charge in [-0.3, -0.25) is 4.79 Å². The first-order valence-corrected chi connectivity index (χ1v) is 10.5. The summed E-state index contributed by atoms with van der Waals surface area (Å²) in [6.07, 6.45) is 5.30. The normalized spacial score (nSPS) is 14.6. The van der Waals surface area contributed by atoms with Gasteiger partial charge in [-0.1, -0.05) is 12.1 Å². The minimum atomic E-state index is 0.00673. The van der Waals surface area contributed by atoms with Gasteiger partial charge in [0.25, 0.3) is 5.91 Å². The average molecular weight is 409 g/mol. The van der Waals surface area contributed by atoms with Crippen LogP contribution in [0.3, 0.4) is 0 Å². The predicted octanol–water partition coefficient (Wildman–Crippen LogP) is 3.92. The monoisotopic (exact) mass is 408 g/mol. The Labute approximate surface area is 174 Å². The van der Waals surface area contributed by atoms with Crippen LogP contribution >= 0.6 is 11.3 Å². The number of nitrogens with zero attached hydrogens (tertiary/aromatic N) is 3. The highest BCUT2D eigenvalue weighted by Gasteiger charge is 2.23. The van der Waals surface area contributed by atoms with Gasteiger partial charge in [0.15, 0.2) is 0 Å². The second-order valence-electron chi connectivity index (χ2n) is 7.09. The van der Waals surface area contributed by atoms with Crippen molar-refractivity contribution in [2.75, 3.05) is 25.1 Å². The molecule has 2 aromatic heterocycles. The van der Waals surface area contributed by atoms with E-state index < -0.39 is 0 Å². The third-order valence-electron chi connectivity index (χ3n) is 5.21. The highest BCUT2D eigenvalue weighted by molar-refractivity contribution is 7.14. The molecule has 1 aromatic carbocycles. The van der Waals surface area contributed by atoms with Gasteiger partial charge in [-0.2, -0.15) is 0 Å². The lowest BCUT2D eigenvalue weighted by atomic mass is 10.0. The van der Waals surface area contributed by atoms with E-state index in [1.165, 1.54) is 11.3 Å². The summed E-state index contributed by atoms with van der Waals surface area (Å²) in [5.41, 5.74) is 2.19. The molecule has 0 bridgehead atoms. The Morgan fingerprint density at radius 1 is 1.17 bits per heavy atom. The van der Waals surface area contributed by atoms with Crippen LogP contribution in [-0.4, -0.2) is 42.1 Å². The molecule has 0 aliphatic carbocycles. The van der Waals surface area contributed by atoms with Crippen molar-refractivity contribution in [3.8, 4) is 16.9 Å². The lowest BCUT2D eigenvalue weighted by Gasteiger charge is -2.32. The first kappa shape index (κ1) is 19.4. The van der Waals surface area contributed by atoms with Crippen LogP contribution in [0.2, 0.25) is 0 Å². The zero-order chi connectivity index (χ0) is 20.2. The van der Waals surface area contributed by atoms with Crippen LogP contribution in [0, 0.1) is 6.92 Å². The van der Waals surface area contributed by atoms with Crippen molar-refractivity contribution in [1.82, 2.24) is 15.3 Å². The minimum absolute atomic E-state index is 0.00673. The molecule has 0 spiro atoms. The van der Waals surface area contributed by atoms with E-state index in [9.17, 15) is 4.79 Å². The number of nitrogens with one attached hydrogen (secondary N) is 1. The molecule has 1 fully saturated rings. The fourth-order valence-electron chi connectivity index (χ4n) is 3.59. The molecule has 3 aromatic rings. The van der Waals surface area contributed by atoms with Crippen molar-refractivity contribution < 1.29 is 9.53 Å². The molecular formula is C22H24N4O2S. The summed E-state index contributed by atoms with van der Waals surface area (Å²) in [7, 11) is 1.66. The van der Waals surface area contributed by atoms with Gasteiger partial charge < -0.3 is 15.0 Å². The van der Waals surface area contributed by atoms with Gasteiger partial charge in [0.05, 0.1) is 12.0 Å². The molecule has 29 heavy (non-hydrogen) atoms. The van der Waals surface area contributed by atoms with E-state index in [1.807, 2.05) is 36.4 Å². The summed E-state index contributed by atoms with van der Waals surface area (Å²) < 4.78 is 5.23. The number of rotatable bonds is 5. The van der Waals surface area contributed by atoms with E-state index in [0.717, 1.165) is 58.5 Å². The Morgan fingerprint density at radius 3 is 2.52 bits per heavy atom. The van der Waals surface area contributed by atoms with E-state index in [2.05, 4.69) is 27.1 Å². The minimum Gasteiger partial charge on any atom is -0.497 e. The lowest BCUT2D eigenvalue weighted by Crippen LogP contribution is -2.45. The number of amides is 1. The summed E-state index contributed by atoms with van der Waals surface area (Å²) in [4.78, 5) is 25.5. The number of hydrogen-bond acceptors (Lipinski definition) is 6. The maximum Gasteiger partial charge on any atom is 0.261 e. The fourth-order valence-corrected chi connectivity index (χ4v) is 4.53. The van der Waals surface area contributed by atoms with Crippen molar-refractivity contribution in [3.05, 3.63) is 58.5 Å². The predicted molar refractivity (Wildman–Crippen MR) is 116 cm³/mol. The van der Waals surface area contributed by atoms with Gasteiger partial charge in [-0.05, 0) is 55.2 Å². The fraction of sp³-hybridized carbons (Fsp3) is 0.318. The number of anilines is 1. The van der Waals surface area contributed by atoms with Gasteiger partial charge in [0.2, 0.25) is 5.95 Å². The number of aromatic nitrogens is 2. The van der Waals surface area contributed by atoms with Crippen LogP contribution in [0.5, 0.6) is 5.75 Å². The van der Waals surface area contributed by atoms with Crippen LogP contribution in [0.1, 0.15) is 27.4 Å². The highest BCUT2D eigenvalue weighted by atomic mass is 32.1. The molecule has 3 heterocycles. The molecular weight excluding hydrogens is 384 g/mol. The van der Waals surface area contributed by atoms with Crippen LogP contribution in [0.25, 0.3) is 11.1 Å². The van der Waals surface area contributed by atoms with E-state index in [-0.39, 0.29) is 11.9 Å². The molecule has 0 radical (unpaired) electrons. The molecule has 0 unspecified atom stereocenters. The number of piperidine rings is 1. The maximum atomic E-state index is 12.8. The molecule has 1 amide bonds. The van der Waals surface area contributed by atoms with Crippen LogP contribution in [0.4, 0.5) is 5.95 Å². The summed E-state index contributed by atoms with van der Waals surface area (Å²) in [5, 5.41) is 3.20. The summed E-state index contributed by atoms with van der Waals surface area (Å²) >= 11 is 1.54. The topological polar surface area (TPSA) is 67.3 Å². The van der Waals surface area contributed by atoms with Crippen molar-refractivity contribution in [1.29, 1.82) is 0 Å². The summed E-state index contributed by atoms with van der Waals surface area (Å²) in [6.45, 7) is 3.74. The van der Waals surface area contributed by atoms with Crippen molar-refractivity contribution in [2.45, 2.75) is 25.8 Å². The molecule has 0 atom stereocenters. The third-order valence-corrected chi connectivity index (χ3v) is 6.26. The van der Waals surface area contributed by atoms with E-state index >= 15 is 0 Å². The highest BCUT2D eigenvalue weighted by Crippen LogP contribution is 2.32. The van der Waals surface area contributed by atoms with Gasteiger partial charge in [0, 0.05) is 36.4 Å². The molecule has 1 aliphatic rings. The first-order valence-electron chi connectivity index (χ1n) is 9.71. The van der Waals surface area contributed by atoms with Crippen molar-refractivity contribution in [3.63, 3.8) is 0 Å². The lowest BCUT2D eigenvalue weighted by molar-refractivity contribution is 0.0935. The smallest absolute Gasteiger partial charge is 0.261 e. The Hall–Kier alpha value is -2.93. The number of aryl methyl sites for hydroxylation is 1. The number of ether oxygens (including phenoxy) is 1. The molecule has 150 valence electrons. The zero-order valence-corrected chi connectivity index (χ0v) is 17.4. The van der Waals surface area contributed by atoms with Gasteiger partial charge >= 0.3 is 0 Å². The largest absolute Gasteiger partial charge is 0.497 e. The number of carbonyl (C=O) groups excluding carboxylic acids is 1. The molecule has 6 nitrogen and oxygen atoms in total. The van der Waals surface area contributed by atoms with E-state index in [0.29, 0.717) is 0 Å². The Bertz CT molecular complexity index is 964. The molecule has 1 aliphatic heterocycles. The van der Waals surface area contributed by atoms with Gasteiger partial charge in [-0.15, -0.1) is 11.3 Å². The second kappa shape index (κ2) is 8.61. The van der Waals surface area contributed by atoms with Gasteiger partial charge in [-0.25, -0.2) is 9.97 Å². The van der Waals surface area contributed by atoms with Crippen LogP contribution in [-0.2, 0) is 0 Å². The first-order chi connectivity index (χ1) is 14.1. The molecule has 1 N–H and O–H groups in total. The summed E-state index contributed by atoms with van der Waals surface area (Å²) in [5.74, 6) is 1.59. The van der Waals surface area contributed by atoms with E-state index in [4.69, 9.17) is 4.74 Å². The zero-order valence-electron chi connectivity index (χ0n) is 16.6. The van der Waals surface area contributed by atoms with E-state index in [1.54, 1.807) is 19.5 Å². The molecule has 7 heteroatoms. The second-order valence-corrected chi connectivity index (χ2v) is 8.35. The number of methoxy groups -OCH3 is 1. The SMILES string of the molecule is COc1ccc(-c2cc(C(=O)NC3CCN(c4ncccn4)CC3)sc2C)cc1. The quantitative estimate of drug-likeness (QED) is 0.693. The number of benzene rings is 1. The van der Waals surface area contributed by atoms with Crippen molar-refractivity contribution >= 4 is 23.2 Å². The molecule has 4 rings (SSSR count). The third kappa shape index (κ3) is 4.40. The maximum absolute atomic E-state index is 12.8. The van der Waals surface area contributed by atoms with Crippen LogP contribution in [0.15, 0.2) is 48.8 Å². The molecule has 1 saturated heterocycles.